The minimum Gasteiger partial charge on any atom is -0.327 e. The lowest BCUT2D eigenvalue weighted by molar-refractivity contribution is -0.904. The van der Waals surface area contributed by atoms with Crippen molar-refractivity contribution in [3.63, 3.8) is 0 Å². The van der Waals surface area contributed by atoms with Gasteiger partial charge in [-0.3, -0.25) is 14.5 Å². The van der Waals surface area contributed by atoms with E-state index >= 15 is 0 Å². The fraction of sp³-hybridized carbons (Fsp3) is 0.529. The summed E-state index contributed by atoms with van der Waals surface area (Å²) in [4.78, 5) is 27.5. The third-order valence-electron chi connectivity index (χ3n) is 4.55. The number of benzene rings is 1. The van der Waals surface area contributed by atoms with Crippen molar-refractivity contribution in [2.45, 2.75) is 20.3 Å². The number of hydrogen-bond donors (Lipinski definition) is 2. The van der Waals surface area contributed by atoms with Gasteiger partial charge >= 0.3 is 0 Å². The molecule has 1 saturated heterocycles. The Bertz CT molecular complexity index is 577. The average molecular weight is 302 g/mol. The Morgan fingerprint density at radius 3 is 2.68 bits per heavy atom. The first-order chi connectivity index (χ1) is 10.5. The summed E-state index contributed by atoms with van der Waals surface area (Å²) >= 11 is 0. The molecule has 1 aromatic carbocycles. The van der Waals surface area contributed by atoms with Crippen LogP contribution in [0.1, 0.15) is 20.3 Å². The maximum Gasteiger partial charge on any atom is 0.282 e. The van der Waals surface area contributed by atoms with Crippen LogP contribution in [0, 0.1) is 11.8 Å². The van der Waals surface area contributed by atoms with E-state index in [1.807, 2.05) is 24.3 Å². The normalized spacial score (nSPS) is 28.0. The summed E-state index contributed by atoms with van der Waals surface area (Å²) in [7, 11) is 0. The van der Waals surface area contributed by atoms with Gasteiger partial charge in [0.1, 0.15) is 6.54 Å². The van der Waals surface area contributed by atoms with Crippen LogP contribution >= 0.6 is 0 Å². The number of quaternary nitrogens is 1. The summed E-state index contributed by atoms with van der Waals surface area (Å²) < 4.78 is 0. The number of nitrogens with zero attached hydrogens (tertiary/aromatic N) is 1. The van der Waals surface area contributed by atoms with E-state index in [1.54, 1.807) is 4.90 Å². The molecule has 0 unspecified atom stereocenters. The number of nitrogens with one attached hydrogen (secondary N) is 2. The molecule has 1 fully saturated rings. The van der Waals surface area contributed by atoms with Crippen LogP contribution < -0.4 is 15.1 Å². The predicted octanol–water partition coefficient (Wildman–Crippen LogP) is 0.533. The lowest BCUT2D eigenvalue weighted by Crippen LogP contribution is -3.15. The van der Waals surface area contributed by atoms with Gasteiger partial charge in [0.05, 0.1) is 24.5 Å². The van der Waals surface area contributed by atoms with Crippen LogP contribution in [0.25, 0.3) is 0 Å². The van der Waals surface area contributed by atoms with Crippen molar-refractivity contribution in [3.05, 3.63) is 24.3 Å². The molecule has 22 heavy (non-hydrogen) atoms. The quantitative estimate of drug-likeness (QED) is 0.837. The largest absolute Gasteiger partial charge is 0.327 e. The van der Waals surface area contributed by atoms with Gasteiger partial charge in [-0.25, -0.2) is 0 Å². The van der Waals surface area contributed by atoms with Gasteiger partial charge in [0.2, 0.25) is 5.91 Å². The molecule has 118 valence electrons. The van der Waals surface area contributed by atoms with Gasteiger partial charge in [-0.2, -0.15) is 0 Å². The molecule has 3 rings (SSSR count). The van der Waals surface area contributed by atoms with Gasteiger partial charge in [-0.15, -0.1) is 0 Å². The predicted molar refractivity (Wildman–Crippen MR) is 85.9 cm³/mol. The molecule has 0 radical (unpaired) electrons. The molecule has 5 heteroatoms. The van der Waals surface area contributed by atoms with Crippen LogP contribution in [0.3, 0.4) is 0 Å². The zero-order valence-corrected chi connectivity index (χ0v) is 13.3. The van der Waals surface area contributed by atoms with E-state index in [0.717, 1.165) is 24.5 Å². The maximum absolute atomic E-state index is 12.7. The molecule has 1 aromatic rings. The number of piperidine rings is 1. The third kappa shape index (κ3) is 3.14. The standard InChI is InChI=1S/C17H23N3O2/c1-12-7-13(2)9-19(8-12)11-17(22)20-10-16(21)18-14-5-3-4-6-15(14)20/h3-6,12-13H,7-11H2,1-2H3,(H,18,21)/p+1/t12-,13-/m1/s1. The van der Waals surface area contributed by atoms with Crippen LogP contribution in [0.15, 0.2) is 24.3 Å². The number of rotatable bonds is 2. The number of amides is 2. The molecular formula is C17H24N3O2+. The summed E-state index contributed by atoms with van der Waals surface area (Å²) in [5, 5.41) is 2.82. The zero-order chi connectivity index (χ0) is 15.7. The highest BCUT2D eigenvalue weighted by Gasteiger charge is 2.32. The van der Waals surface area contributed by atoms with Gasteiger partial charge in [0.25, 0.3) is 5.91 Å². The Hall–Kier alpha value is -1.88. The zero-order valence-electron chi connectivity index (χ0n) is 13.3. The smallest absolute Gasteiger partial charge is 0.282 e. The molecule has 5 nitrogen and oxygen atoms in total. The molecule has 0 saturated carbocycles. The minimum atomic E-state index is -0.123. The van der Waals surface area contributed by atoms with E-state index in [4.69, 9.17) is 0 Å². The SMILES string of the molecule is C[C@@H]1C[C@@H](C)C[NH+](CC(=O)N2CC(=O)Nc3ccccc32)C1. The molecule has 0 bridgehead atoms. The van der Waals surface area contributed by atoms with Crippen molar-refractivity contribution >= 4 is 23.2 Å². The summed E-state index contributed by atoms with van der Waals surface area (Å²) in [6.45, 7) is 7.17. The molecule has 0 spiro atoms. The third-order valence-corrected chi connectivity index (χ3v) is 4.55. The Balaban J connectivity index is 1.74. The monoisotopic (exact) mass is 302 g/mol. The number of anilines is 2. The van der Waals surface area contributed by atoms with Crippen molar-refractivity contribution in [2.75, 3.05) is 36.4 Å². The maximum atomic E-state index is 12.7. The number of fused-ring (bicyclic) bond motifs is 1. The van der Waals surface area contributed by atoms with Crippen LogP contribution in [0.2, 0.25) is 0 Å². The summed E-state index contributed by atoms with van der Waals surface area (Å²) in [6.07, 6.45) is 1.24. The molecule has 2 N–H and O–H groups in total. The highest BCUT2D eigenvalue weighted by atomic mass is 16.2. The van der Waals surface area contributed by atoms with E-state index in [2.05, 4.69) is 19.2 Å². The van der Waals surface area contributed by atoms with E-state index in [9.17, 15) is 9.59 Å². The van der Waals surface area contributed by atoms with Crippen molar-refractivity contribution < 1.29 is 14.5 Å². The minimum absolute atomic E-state index is 0.0404. The van der Waals surface area contributed by atoms with E-state index in [0.29, 0.717) is 18.4 Å². The number of para-hydroxylation sites is 2. The van der Waals surface area contributed by atoms with Crippen molar-refractivity contribution in [3.8, 4) is 0 Å². The summed E-state index contributed by atoms with van der Waals surface area (Å²) in [6, 6.07) is 7.49. The van der Waals surface area contributed by atoms with Crippen LogP contribution in [0.4, 0.5) is 11.4 Å². The second-order valence-corrected chi connectivity index (χ2v) is 6.83. The van der Waals surface area contributed by atoms with Gasteiger partial charge in [0, 0.05) is 11.8 Å². The van der Waals surface area contributed by atoms with Crippen molar-refractivity contribution in [2.24, 2.45) is 11.8 Å². The molecule has 0 aromatic heterocycles. The molecule has 2 aliphatic heterocycles. The number of likely N-dealkylation sites (tertiary alicyclic amines) is 1. The second-order valence-electron chi connectivity index (χ2n) is 6.83. The second kappa shape index (κ2) is 6.08. The summed E-state index contributed by atoms with van der Waals surface area (Å²) in [5.41, 5.74) is 1.53. The number of hydrogen-bond acceptors (Lipinski definition) is 2. The number of carbonyl (C=O) groups is 2. The van der Waals surface area contributed by atoms with E-state index in [-0.39, 0.29) is 18.4 Å². The fourth-order valence-electron chi connectivity index (χ4n) is 3.83. The van der Waals surface area contributed by atoms with E-state index in [1.165, 1.54) is 11.3 Å². The van der Waals surface area contributed by atoms with E-state index < -0.39 is 0 Å². The van der Waals surface area contributed by atoms with Crippen molar-refractivity contribution in [1.82, 2.24) is 0 Å². The van der Waals surface area contributed by atoms with Gasteiger partial charge in [-0.1, -0.05) is 26.0 Å². The Kier molecular flexibility index (Phi) is 4.16. The molecule has 0 aliphatic carbocycles. The van der Waals surface area contributed by atoms with Crippen LogP contribution in [0.5, 0.6) is 0 Å². The molecule has 2 atom stereocenters. The average Bonchev–Trinajstić information content (AvgIpc) is 2.45. The lowest BCUT2D eigenvalue weighted by Gasteiger charge is -2.34. The first-order valence-corrected chi connectivity index (χ1v) is 8.05. The first-order valence-electron chi connectivity index (χ1n) is 8.05. The Morgan fingerprint density at radius 2 is 1.95 bits per heavy atom. The molecule has 2 heterocycles. The topological polar surface area (TPSA) is 53.9 Å². The van der Waals surface area contributed by atoms with Crippen molar-refractivity contribution in [1.29, 1.82) is 0 Å². The fourth-order valence-corrected chi connectivity index (χ4v) is 3.83. The molecular weight excluding hydrogens is 278 g/mol. The molecule has 2 aliphatic rings. The lowest BCUT2D eigenvalue weighted by atomic mass is 9.92. The first kappa shape index (κ1) is 15.0. The number of carbonyl (C=O) groups excluding carboxylic acids is 2. The van der Waals surface area contributed by atoms with Gasteiger partial charge in [-0.05, 0) is 18.6 Å². The highest BCUT2D eigenvalue weighted by molar-refractivity contribution is 6.10. The summed E-state index contributed by atoms with van der Waals surface area (Å²) in [5.74, 6) is 1.23. The Morgan fingerprint density at radius 1 is 1.27 bits per heavy atom. The van der Waals surface area contributed by atoms with Crippen LogP contribution in [-0.4, -0.2) is 38.0 Å². The van der Waals surface area contributed by atoms with Gasteiger partial charge < -0.3 is 10.2 Å². The Labute approximate surface area is 131 Å². The van der Waals surface area contributed by atoms with Gasteiger partial charge in [0.15, 0.2) is 6.54 Å². The van der Waals surface area contributed by atoms with Crippen LogP contribution in [-0.2, 0) is 9.59 Å². The highest BCUT2D eigenvalue weighted by Crippen LogP contribution is 2.28. The molecule has 2 amide bonds.